The molecule has 2 heterocycles. The number of rotatable bonds is 5. The van der Waals surface area contributed by atoms with Crippen LogP contribution in [0.1, 0.15) is 11.1 Å². The molecule has 0 amide bonds. The number of hydrogen-bond acceptors (Lipinski definition) is 5. The summed E-state index contributed by atoms with van der Waals surface area (Å²) in [6.45, 7) is 1.38. The molecule has 6 nitrogen and oxygen atoms in total. The molecule has 1 aromatic carbocycles. The first kappa shape index (κ1) is 13.5. The monoisotopic (exact) mass is 300 g/mol. The van der Waals surface area contributed by atoms with Gasteiger partial charge in [-0.1, -0.05) is 35.9 Å². The predicted octanol–water partition coefficient (Wildman–Crippen LogP) is 2.38. The quantitative estimate of drug-likeness (QED) is 0.783. The van der Waals surface area contributed by atoms with Crippen LogP contribution in [-0.4, -0.2) is 24.7 Å². The van der Waals surface area contributed by atoms with Crippen LogP contribution in [0.2, 0.25) is 5.15 Å². The zero-order valence-corrected chi connectivity index (χ0v) is 11.9. The number of hydrogen-bond donors (Lipinski definition) is 1. The molecule has 3 rings (SSSR count). The lowest BCUT2D eigenvalue weighted by Gasteiger charge is -2.07. The Morgan fingerprint density at radius 2 is 1.86 bits per heavy atom. The van der Waals surface area contributed by atoms with Crippen molar-refractivity contribution in [3.05, 3.63) is 65.6 Å². The van der Waals surface area contributed by atoms with Crippen molar-refractivity contribution in [1.29, 1.82) is 0 Å². The summed E-state index contributed by atoms with van der Waals surface area (Å²) >= 11 is 5.79. The maximum absolute atomic E-state index is 5.79. The molecule has 0 bridgehead atoms. The number of aromatic nitrogens is 5. The number of anilines is 1. The van der Waals surface area contributed by atoms with Gasteiger partial charge in [-0.3, -0.25) is 4.98 Å². The molecule has 0 aliphatic heterocycles. The third-order valence-corrected chi connectivity index (χ3v) is 3.10. The van der Waals surface area contributed by atoms with Crippen LogP contribution < -0.4 is 5.32 Å². The lowest BCUT2D eigenvalue weighted by atomic mass is 10.1. The van der Waals surface area contributed by atoms with Crippen molar-refractivity contribution in [2.75, 3.05) is 5.32 Å². The van der Waals surface area contributed by atoms with Gasteiger partial charge in [-0.25, -0.2) is 14.6 Å². The topological polar surface area (TPSA) is 68.5 Å². The minimum absolute atomic E-state index is 0.378. The molecule has 0 fully saturated rings. The normalized spacial score (nSPS) is 10.5. The van der Waals surface area contributed by atoms with Gasteiger partial charge in [-0.05, 0) is 11.1 Å². The van der Waals surface area contributed by atoms with E-state index in [1.807, 2.05) is 0 Å². The molecule has 21 heavy (non-hydrogen) atoms. The maximum atomic E-state index is 5.79. The Morgan fingerprint density at radius 1 is 1.05 bits per heavy atom. The van der Waals surface area contributed by atoms with Crippen molar-refractivity contribution in [3.8, 4) is 0 Å². The second-order valence-electron chi connectivity index (χ2n) is 4.49. The highest BCUT2D eigenvalue weighted by atomic mass is 35.5. The standard InChI is InChI=1S/C14H13ClN6/c15-13-6-16-7-14(20-13)18-5-11-1-3-12(4-2-11)8-21-10-17-9-19-21/h1-4,6-7,9-10H,5,8H2,(H,18,20). The molecule has 0 atom stereocenters. The van der Waals surface area contributed by atoms with E-state index in [2.05, 4.69) is 49.6 Å². The number of nitrogens with one attached hydrogen (secondary N) is 1. The van der Waals surface area contributed by atoms with Crippen LogP contribution in [0.15, 0.2) is 49.3 Å². The first-order valence-corrected chi connectivity index (χ1v) is 6.79. The summed E-state index contributed by atoms with van der Waals surface area (Å²) in [5.74, 6) is 0.661. The molecule has 106 valence electrons. The van der Waals surface area contributed by atoms with Crippen molar-refractivity contribution < 1.29 is 0 Å². The molecule has 0 aliphatic rings. The highest BCUT2D eigenvalue weighted by Crippen LogP contribution is 2.10. The molecule has 0 aliphatic carbocycles. The summed E-state index contributed by atoms with van der Waals surface area (Å²) in [7, 11) is 0. The smallest absolute Gasteiger partial charge is 0.149 e. The fraction of sp³-hybridized carbons (Fsp3) is 0.143. The molecule has 0 unspecified atom stereocenters. The van der Waals surface area contributed by atoms with Gasteiger partial charge in [-0.15, -0.1) is 0 Å². The van der Waals surface area contributed by atoms with Crippen molar-refractivity contribution >= 4 is 17.4 Å². The predicted molar refractivity (Wildman–Crippen MR) is 79.9 cm³/mol. The third-order valence-electron chi connectivity index (χ3n) is 2.91. The van der Waals surface area contributed by atoms with E-state index in [1.54, 1.807) is 17.2 Å². The Hall–Kier alpha value is -2.47. The molecule has 3 aromatic rings. The van der Waals surface area contributed by atoms with Crippen LogP contribution in [0.5, 0.6) is 0 Å². The van der Waals surface area contributed by atoms with Gasteiger partial charge >= 0.3 is 0 Å². The molecular formula is C14H13ClN6. The first-order chi connectivity index (χ1) is 10.3. The van der Waals surface area contributed by atoms with Gasteiger partial charge in [0.05, 0.1) is 18.9 Å². The van der Waals surface area contributed by atoms with Gasteiger partial charge in [0, 0.05) is 6.54 Å². The van der Waals surface area contributed by atoms with Crippen LogP contribution in [0.4, 0.5) is 5.82 Å². The Kier molecular flexibility index (Phi) is 4.07. The Bertz CT molecular complexity index is 696. The summed E-state index contributed by atoms with van der Waals surface area (Å²) in [6.07, 6.45) is 6.38. The third kappa shape index (κ3) is 3.76. The molecule has 0 saturated carbocycles. The van der Waals surface area contributed by atoms with Crippen LogP contribution in [0.25, 0.3) is 0 Å². The SMILES string of the molecule is Clc1cncc(NCc2ccc(Cn3cncn3)cc2)n1. The Morgan fingerprint density at radius 3 is 2.57 bits per heavy atom. The molecule has 0 spiro atoms. The maximum Gasteiger partial charge on any atom is 0.149 e. The first-order valence-electron chi connectivity index (χ1n) is 6.41. The van der Waals surface area contributed by atoms with E-state index in [0.717, 1.165) is 5.56 Å². The number of nitrogens with zero attached hydrogens (tertiary/aromatic N) is 5. The fourth-order valence-corrected chi connectivity index (χ4v) is 2.03. The van der Waals surface area contributed by atoms with Gasteiger partial charge in [0.15, 0.2) is 0 Å². The van der Waals surface area contributed by atoms with Crippen molar-refractivity contribution in [2.45, 2.75) is 13.1 Å². The van der Waals surface area contributed by atoms with Gasteiger partial charge in [0.1, 0.15) is 23.6 Å². The molecule has 0 radical (unpaired) electrons. The van der Waals surface area contributed by atoms with Gasteiger partial charge in [0.2, 0.25) is 0 Å². The highest BCUT2D eigenvalue weighted by Gasteiger charge is 1.99. The average molecular weight is 301 g/mol. The fourth-order valence-electron chi connectivity index (χ4n) is 1.88. The molecule has 1 N–H and O–H groups in total. The highest BCUT2D eigenvalue weighted by molar-refractivity contribution is 6.29. The largest absolute Gasteiger partial charge is 0.365 e. The van der Waals surface area contributed by atoms with E-state index in [9.17, 15) is 0 Å². The second-order valence-corrected chi connectivity index (χ2v) is 4.88. The zero-order chi connectivity index (χ0) is 14.5. The van der Waals surface area contributed by atoms with Crippen molar-refractivity contribution in [3.63, 3.8) is 0 Å². The average Bonchev–Trinajstić information content (AvgIpc) is 3.00. The van der Waals surface area contributed by atoms with Crippen LogP contribution in [0, 0.1) is 0 Å². The van der Waals surface area contributed by atoms with E-state index in [-0.39, 0.29) is 0 Å². The molecule has 2 aromatic heterocycles. The van der Waals surface area contributed by atoms with Gasteiger partial charge in [-0.2, -0.15) is 5.10 Å². The van der Waals surface area contributed by atoms with Crippen LogP contribution >= 0.6 is 11.6 Å². The zero-order valence-electron chi connectivity index (χ0n) is 11.1. The summed E-state index contributed by atoms with van der Waals surface area (Å²) in [6, 6.07) is 8.28. The van der Waals surface area contributed by atoms with Crippen molar-refractivity contribution in [2.24, 2.45) is 0 Å². The van der Waals surface area contributed by atoms with E-state index >= 15 is 0 Å². The van der Waals surface area contributed by atoms with Gasteiger partial charge in [0.25, 0.3) is 0 Å². The van der Waals surface area contributed by atoms with Crippen LogP contribution in [-0.2, 0) is 13.1 Å². The number of halogens is 1. The minimum atomic E-state index is 0.378. The molecule has 7 heteroatoms. The summed E-state index contributed by atoms with van der Waals surface area (Å²) in [4.78, 5) is 12.0. The second kappa shape index (κ2) is 6.32. The molecular weight excluding hydrogens is 288 g/mol. The summed E-state index contributed by atoms with van der Waals surface area (Å²) in [5, 5.41) is 7.64. The van der Waals surface area contributed by atoms with E-state index < -0.39 is 0 Å². The Labute approximate surface area is 126 Å². The van der Waals surface area contributed by atoms with Gasteiger partial charge < -0.3 is 5.32 Å². The van der Waals surface area contributed by atoms with E-state index in [4.69, 9.17) is 11.6 Å². The van der Waals surface area contributed by atoms with Crippen LogP contribution in [0.3, 0.4) is 0 Å². The minimum Gasteiger partial charge on any atom is -0.365 e. The summed E-state index contributed by atoms with van der Waals surface area (Å²) in [5.41, 5.74) is 2.32. The lowest BCUT2D eigenvalue weighted by Crippen LogP contribution is -2.03. The molecule has 0 saturated heterocycles. The Balaban J connectivity index is 1.59. The summed E-state index contributed by atoms with van der Waals surface area (Å²) < 4.78 is 1.79. The van der Waals surface area contributed by atoms with Crippen molar-refractivity contribution in [1.82, 2.24) is 24.7 Å². The lowest BCUT2D eigenvalue weighted by molar-refractivity contribution is 0.684. The van der Waals surface area contributed by atoms with E-state index in [0.29, 0.717) is 24.1 Å². The van der Waals surface area contributed by atoms with E-state index in [1.165, 1.54) is 18.1 Å². The number of benzene rings is 1.